The lowest BCUT2D eigenvalue weighted by Gasteiger charge is -2.26. The van der Waals surface area contributed by atoms with E-state index in [1.165, 1.54) is 0 Å². The molecule has 1 saturated carbocycles. The van der Waals surface area contributed by atoms with Crippen LogP contribution in [0.1, 0.15) is 51.5 Å². The Hall–Kier alpha value is -1.85. The molecule has 1 fully saturated rings. The number of fused-ring (bicyclic) bond motifs is 1. The van der Waals surface area contributed by atoms with Crippen LogP contribution in [0.3, 0.4) is 0 Å². The van der Waals surface area contributed by atoms with E-state index in [9.17, 15) is 5.11 Å². The minimum atomic E-state index is -0.575. The average Bonchev–Trinajstić information content (AvgIpc) is 3.16. The van der Waals surface area contributed by atoms with Crippen molar-refractivity contribution in [2.75, 3.05) is 23.8 Å². The Morgan fingerprint density at radius 3 is 2.56 bits per heavy atom. The largest absolute Gasteiger partial charge is 0.393 e. The van der Waals surface area contributed by atoms with Gasteiger partial charge in [0.25, 0.3) is 0 Å². The van der Waals surface area contributed by atoms with Gasteiger partial charge < -0.3 is 25.2 Å². The molecule has 2 aromatic heterocycles. The fraction of sp³-hybridized carbons (Fsp3) is 0.500. The number of rotatable bonds is 9. The van der Waals surface area contributed by atoms with Crippen LogP contribution in [0.2, 0.25) is 0 Å². The maximum absolute atomic E-state index is 9.80. The number of aliphatic hydroxyl groups is 1. The molecule has 172 valence electrons. The molecule has 3 N–H and O–H groups in total. The zero-order valence-corrected chi connectivity index (χ0v) is 20.6. The lowest BCUT2D eigenvalue weighted by molar-refractivity contribution is -0.142. The molecule has 1 aromatic carbocycles. The third-order valence-electron chi connectivity index (χ3n) is 5.24. The predicted octanol–water partition coefficient (Wildman–Crippen LogP) is 5.38. The van der Waals surface area contributed by atoms with E-state index in [-0.39, 0.29) is 12.1 Å². The number of thiazole rings is 1. The van der Waals surface area contributed by atoms with E-state index in [4.69, 9.17) is 9.47 Å². The van der Waals surface area contributed by atoms with Gasteiger partial charge in [0.05, 0.1) is 16.3 Å². The first-order valence-electron chi connectivity index (χ1n) is 10.9. The summed E-state index contributed by atoms with van der Waals surface area (Å²) in [6, 6.07) is 8.07. The normalized spacial score (nSPS) is 18.9. The Morgan fingerprint density at radius 1 is 1.09 bits per heavy atom. The molecule has 1 aliphatic rings. The molecule has 0 aliphatic heterocycles. The molecule has 1 aliphatic carbocycles. The van der Waals surface area contributed by atoms with Crippen molar-refractivity contribution >= 4 is 54.4 Å². The van der Waals surface area contributed by atoms with Crippen LogP contribution in [-0.2, 0) is 9.47 Å². The Kier molecular flexibility index (Phi) is 7.90. The highest BCUT2D eigenvalue weighted by Gasteiger charge is 2.22. The summed E-state index contributed by atoms with van der Waals surface area (Å²) < 4.78 is 13.6. The summed E-state index contributed by atoms with van der Waals surface area (Å²) >= 11 is 5.07. The molecule has 0 spiro atoms. The lowest BCUT2D eigenvalue weighted by Crippen LogP contribution is -2.29. The number of hydrogen-bond acceptors (Lipinski definition) is 9. The number of nitrogens with one attached hydrogen (secondary N) is 2. The zero-order valence-electron chi connectivity index (χ0n) is 18.2. The van der Waals surface area contributed by atoms with Gasteiger partial charge in [-0.15, -0.1) is 0 Å². The minimum absolute atomic E-state index is 0.211. The number of anilines is 3. The third kappa shape index (κ3) is 5.93. The fourth-order valence-corrected chi connectivity index (χ4v) is 5.13. The van der Waals surface area contributed by atoms with Crippen LogP contribution in [-0.4, -0.2) is 45.4 Å². The summed E-state index contributed by atoms with van der Waals surface area (Å²) in [5.74, 6) is 1.13. The van der Waals surface area contributed by atoms with Gasteiger partial charge in [-0.3, -0.25) is 0 Å². The Labute approximate surface area is 199 Å². The quantitative estimate of drug-likeness (QED) is 0.322. The molecule has 10 heteroatoms. The third-order valence-corrected chi connectivity index (χ3v) is 6.67. The molecule has 0 radical (unpaired) electrons. The van der Waals surface area contributed by atoms with Crippen LogP contribution >= 0.6 is 27.3 Å². The highest BCUT2D eigenvalue weighted by Crippen LogP contribution is 2.31. The molecular weight excluding hydrogens is 494 g/mol. The molecule has 0 bridgehead atoms. The van der Waals surface area contributed by atoms with Gasteiger partial charge in [-0.25, -0.2) is 9.97 Å². The number of aromatic nitrogens is 3. The van der Waals surface area contributed by atoms with Crippen LogP contribution in [0.15, 0.2) is 28.7 Å². The highest BCUT2D eigenvalue weighted by atomic mass is 79.9. The van der Waals surface area contributed by atoms with Crippen molar-refractivity contribution in [2.24, 2.45) is 0 Å². The van der Waals surface area contributed by atoms with E-state index < -0.39 is 6.29 Å². The van der Waals surface area contributed by atoms with Crippen molar-refractivity contribution in [3.05, 3.63) is 34.4 Å². The standard InChI is InChI=1S/C22H28BrN5O3S/c1-3-30-20(31-4-2)17-12-19(27-21(25-17)24-14-6-8-15(29)9-7-14)28-22-26-16-10-5-13(23)11-18(16)32-22/h5,10-12,14-15,20,29H,3-4,6-9H2,1-2H3,(H2,24,25,26,27,28). The number of halogens is 1. The molecule has 0 amide bonds. The summed E-state index contributed by atoms with van der Waals surface area (Å²) in [6.07, 6.45) is 2.54. The van der Waals surface area contributed by atoms with E-state index in [2.05, 4.69) is 41.5 Å². The second kappa shape index (κ2) is 10.8. The monoisotopic (exact) mass is 521 g/mol. The van der Waals surface area contributed by atoms with Gasteiger partial charge in [-0.1, -0.05) is 27.3 Å². The van der Waals surface area contributed by atoms with Gasteiger partial charge >= 0.3 is 0 Å². The fourth-order valence-electron chi connectivity index (χ4n) is 3.70. The zero-order chi connectivity index (χ0) is 22.5. The summed E-state index contributed by atoms with van der Waals surface area (Å²) in [5, 5.41) is 17.3. The number of hydrogen-bond donors (Lipinski definition) is 3. The van der Waals surface area contributed by atoms with Crippen LogP contribution in [0.4, 0.5) is 16.9 Å². The Bertz CT molecular complexity index is 1040. The van der Waals surface area contributed by atoms with Crippen LogP contribution in [0.25, 0.3) is 10.2 Å². The van der Waals surface area contributed by atoms with Crippen LogP contribution in [0.5, 0.6) is 0 Å². The molecule has 2 heterocycles. The van der Waals surface area contributed by atoms with E-state index >= 15 is 0 Å². The smallest absolute Gasteiger partial charge is 0.225 e. The topological polar surface area (TPSA) is 101 Å². The second-order valence-electron chi connectivity index (χ2n) is 7.65. The van der Waals surface area contributed by atoms with E-state index in [0.717, 1.165) is 45.5 Å². The van der Waals surface area contributed by atoms with Gasteiger partial charge in [0.1, 0.15) is 11.5 Å². The maximum Gasteiger partial charge on any atom is 0.225 e. The Balaban J connectivity index is 1.61. The van der Waals surface area contributed by atoms with Gasteiger partial charge in [-0.2, -0.15) is 4.98 Å². The van der Waals surface area contributed by atoms with Crippen LogP contribution in [0, 0.1) is 0 Å². The molecule has 4 rings (SSSR count). The molecule has 8 nitrogen and oxygen atoms in total. The first-order valence-corrected chi connectivity index (χ1v) is 12.5. The first kappa shape index (κ1) is 23.3. The molecule has 0 unspecified atom stereocenters. The number of benzene rings is 1. The van der Waals surface area contributed by atoms with Crippen LogP contribution < -0.4 is 10.6 Å². The van der Waals surface area contributed by atoms with E-state index in [1.807, 2.05) is 38.1 Å². The van der Waals surface area contributed by atoms with Gasteiger partial charge in [0.2, 0.25) is 12.2 Å². The first-order chi connectivity index (χ1) is 15.5. The molecule has 0 atom stereocenters. The van der Waals surface area contributed by atoms with Gasteiger partial charge in [-0.05, 0) is 57.7 Å². The average molecular weight is 522 g/mol. The minimum Gasteiger partial charge on any atom is -0.393 e. The SMILES string of the molecule is CCOC(OCC)c1cc(Nc2nc3ccc(Br)cc3s2)nc(NC2CCC(O)CC2)n1. The van der Waals surface area contributed by atoms with E-state index in [1.54, 1.807) is 11.3 Å². The molecule has 3 aromatic rings. The van der Waals surface area contributed by atoms with Gasteiger partial charge in [0, 0.05) is 29.8 Å². The van der Waals surface area contributed by atoms with Crippen molar-refractivity contribution in [3.63, 3.8) is 0 Å². The van der Waals surface area contributed by atoms with Crippen molar-refractivity contribution in [1.82, 2.24) is 15.0 Å². The van der Waals surface area contributed by atoms with Crippen molar-refractivity contribution in [3.8, 4) is 0 Å². The second-order valence-corrected chi connectivity index (χ2v) is 9.60. The van der Waals surface area contributed by atoms with Gasteiger partial charge in [0.15, 0.2) is 5.13 Å². The Morgan fingerprint density at radius 2 is 1.84 bits per heavy atom. The number of nitrogens with zero attached hydrogens (tertiary/aromatic N) is 3. The summed E-state index contributed by atoms with van der Waals surface area (Å²) in [4.78, 5) is 14.0. The number of ether oxygens (including phenoxy) is 2. The van der Waals surface area contributed by atoms with E-state index in [0.29, 0.717) is 30.7 Å². The number of aliphatic hydroxyl groups excluding tert-OH is 1. The molecule has 32 heavy (non-hydrogen) atoms. The highest BCUT2D eigenvalue weighted by molar-refractivity contribution is 9.10. The summed E-state index contributed by atoms with van der Waals surface area (Å²) in [7, 11) is 0. The summed E-state index contributed by atoms with van der Waals surface area (Å²) in [6.45, 7) is 4.87. The summed E-state index contributed by atoms with van der Waals surface area (Å²) in [5.41, 5.74) is 1.57. The molecular formula is C22H28BrN5O3S. The van der Waals surface area contributed by atoms with Crippen molar-refractivity contribution < 1.29 is 14.6 Å². The molecule has 0 saturated heterocycles. The maximum atomic E-state index is 9.80. The predicted molar refractivity (Wildman–Crippen MR) is 131 cm³/mol. The van der Waals surface area contributed by atoms with Crippen molar-refractivity contribution in [1.29, 1.82) is 0 Å². The van der Waals surface area contributed by atoms with Crippen molar-refractivity contribution in [2.45, 2.75) is 58.0 Å². The lowest BCUT2D eigenvalue weighted by atomic mass is 9.93.